The maximum Gasteiger partial charge on any atom is 0.268 e. The van der Waals surface area contributed by atoms with Gasteiger partial charge in [0.25, 0.3) is 5.91 Å². The first-order valence-corrected chi connectivity index (χ1v) is 12.4. The molecule has 1 aromatic heterocycles. The highest BCUT2D eigenvalue weighted by atomic mass is 32.2. The van der Waals surface area contributed by atoms with Crippen molar-refractivity contribution in [3.8, 4) is 0 Å². The zero-order valence-electron chi connectivity index (χ0n) is 17.8. The van der Waals surface area contributed by atoms with Gasteiger partial charge in [-0.05, 0) is 62.6 Å². The maximum absolute atomic E-state index is 13.3. The molecule has 4 rings (SSSR count). The van der Waals surface area contributed by atoms with Crippen molar-refractivity contribution in [3.05, 3.63) is 52.3 Å². The topological polar surface area (TPSA) is 82.3 Å². The first-order valence-electron chi connectivity index (χ1n) is 11.0. The van der Waals surface area contributed by atoms with Gasteiger partial charge < -0.3 is 10.3 Å². The van der Waals surface area contributed by atoms with Gasteiger partial charge in [-0.1, -0.05) is 37.1 Å². The largest absolute Gasteiger partial charge is 0.353 e. The van der Waals surface area contributed by atoms with Crippen molar-refractivity contribution in [2.24, 2.45) is 0 Å². The standard InChI is InChI=1S/C23H31N3O3S/c1-16-21(23(27)25-20-13-9-11-18-10-5-6-12-19(18)20)24-17(2)22(16)30(28,29)26-14-7-3-4-8-15-26/h5-6,10,12,20,24H,3-4,7-9,11,13-15H2,1-2H3,(H,25,27). The molecule has 1 fully saturated rings. The fourth-order valence-corrected chi connectivity index (χ4v) is 6.82. The molecule has 2 N–H and O–H groups in total. The third kappa shape index (κ3) is 3.93. The highest BCUT2D eigenvalue weighted by molar-refractivity contribution is 7.89. The molecule has 2 heterocycles. The Kier molecular flexibility index (Phi) is 6.02. The van der Waals surface area contributed by atoms with Crippen LogP contribution in [-0.2, 0) is 16.4 Å². The minimum Gasteiger partial charge on any atom is -0.353 e. The normalized spacial score (nSPS) is 20.4. The quantitative estimate of drug-likeness (QED) is 0.771. The fraction of sp³-hybridized carbons (Fsp3) is 0.522. The summed E-state index contributed by atoms with van der Waals surface area (Å²) >= 11 is 0. The number of benzene rings is 1. The van der Waals surface area contributed by atoms with Crippen LogP contribution in [0, 0.1) is 13.8 Å². The van der Waals surface area contributed by atoms with Crippen molar-refractivity contribution in [3.63, 3.8) is 0 Å². The summed E-state index contributed by atoms with van der Waals surface area (Å²) in [5.41, 5.74) is 3.83. The van der Waals surface area contributed by atoms with Gasteiger partial charge in [-0.3, -0.25) is 4.79 Å². The van der Waals surface area contributed by atoms with Crippen molar-refractivity contribution in [2.75, 3.05) is 13.1 Å². The van der Waals surface area contributed by atoms with Crippen LogP contribution in [0.25, 0.3) is 0 Å². The molecule has 1 saturated heterocycles. The van der Waals surface area contributed by atoms with Gasteiger partial charge in [0.05, 0.1) is 6.04 Å². The van der Waals surface area contributed by atoms with Gasteiger partial charge >= 0.3 is 0 Å². The molecule has 2 aromatic rings. The Hall–Kier alpha value is -2.12. The van der Waals surface area contributed by atoms with E-state index in [1.807, 2.05) is 12.1 Å². The van der Waals surface area contributed by atoms with E-state index >= 15 is 0 Å². The van der Waals surface area contributed by atoms with Crippen molar-refractivity contribution in [1.29, 1.82) is 0 Å². The predicted octanol–water partition coefficient (Wildman–Crippen LogP) is 4.00. The molecule has 1 aliphatic carbocycles. The molecule has 1 amide bonds. The molecule has 0 spiro atoms. The van der Waals surface area contributed by atoms with Gasteiger partial charge in [0.2, 0.25) is 10.0 Å². The summed E-state index contributed by atoms with van der Waals surface area (Å²) in [6.45, 7) is 4.57. The summed E-state index contributed by atoms with van der Waals surface area (Å²) in [6.07, 6.45) is 6.84. The number of aromatic amines is 1. The summed E-state index contributed by atoms with van der Waals surface area (Å²) in [5, 5.41) is 3.14. The number of nitrogens with one attached hydrogen (secondary N) is 2. The third-order valence-corrected chi connectivity index (χ3v) is 8.61. The van der Waals surface area contributed by atoms with Gasteiger partial charge in [0, 0.05) is 18.8 Å². The lowest BCUT2D eigenvalue weighted by molar-refractivity contribution is 0.0927. The SMILES string of the molecule is Cc1[nH]c(C(=O)NC2CCCc3ccccc32)c(C)c1S(=O)(=O)N1CCCCCC1. The number of fused-ring (bicyclic) bond motifs is 1. The van der Waals surface area contributed by atoms with Crippen LogP contribution < -0.4 is 5.32 Å². The molecule has 0 saturated carbocycles. The zero-order valence-corrected chi connectivity index (χ0v) is 18.6. The van der Waals surface area contributed by atoms with Crippen molar-refractivity contribution >= 4 is 15.9 Å². The number of aryl methyl sites for hydroxylation is 2. The van der Waals surface area contributed by atoms with E-state index in [0.717, 1.165) is 50.5 Å². The lowest BCUT2D eigenvalue weighted by Crippen LogP contribution is -2.33. The fourth-order valence-electron chi connectivity index (χ4n) is 4.89. The molecule has 2 aliphatic rings. The summed E-state index contributed by atoms with van der Waals surface area (Å²) in [4.78, 5) is 16.4. The Bertz CT molecular complexity index is 1030. The summed E-state index contributed by atoms with van der Waals surface area (Å²) in [6, 6.07) is 8.17. The molecule has 7 heteroatoms. The summed E-state index contributed by atoms with van der Waals surface area (Å²) in [5.74, 6) is -0.241. The van der Waals surface area contributed by atoms with Crippen LogP contribution in [0.4, 0.5) is 0 Å². The minimum atomic E-state index is -3.62. The summed E-state index contributed by atoms with van der Waals surface area (Å²) in [7, 11) is -3.62. The zero-order chi connectivity index (χ0) is 21.3. The lowest BCUT2D eigenvalue weighted by atomic mass is 9.87. The van der Waals surface area contributed by atoms with E-state index < -0.39 is 10.0 Å². The number of nitrogens with zero attached hydrogens (tertiary/aromatic N) is 1. The average molecular weight is 430 g/mol. The number of aromatic nitrogens is 1. The van der Waals surface area contributed by atoms with Crippen LogP contribution in [0.5, 0.6) is 0 Å². The molecule has 0 bridgehead atoms. The first-order chi connectivity index (χ1) is 14.4. The molecule has 1 aromatic carbocycles. The van der Waals surface area contributed by atoms with Gasteiger partial charge in [0.1, 0.15) is 10.6 Å². The third-order valence-electron chi connectivity index (χ3n) is 6.43. The Morgan fingerprint density at radius 3 is 2.50 bits per heavy atom. The number of carbonyl (C=O) groups excluding carboxylic acids is 1. The molecular weight excluding hydrogens is 398 g/mol. The number of carbonyl (C=O) groups is 1. The number of H-pyrrole nitrogens is 1. The molecule has 162 valence electrons. The van der Waals surface area contributed by atoms with E-state index in [1.54, 1.807) is 18.2 Å². The Morgan fingerprint density at radius 1 is 1.07 bits per heavy atom. The van der Waals surface area contributed by atoms with E-state index in [0.29, 0.717) is 30.0 Å². The van der Waals surface area contributed by atoms with Gasteiger partial charge in [-0.25, -0.2) is 8.42 Å². The van der Waals surface area contributed by atoms with Crippen LogP contribution >= 0.6 is 0 Å². The molecule has 30 heavy (non-hydrogen) atoms. The molecule has 1 unspecified atom stereocenters. The second kappa shape index (κ2) is 8.55. The van der Waals surface area contributed by atoms with Crippen LogP contribution in [0.3, 0.4) is 0 Å². The number of rotatable bonds is 4. The van der Waals surface area contributed by atoms with E-state index in [4.69, 9.17) is 0 Å². The van der Waals surface area contributed by atoms with Crippen LogP contribution in [-0.4, -0.2) is 36.7 Å². The predicted molar refractivity (Wildman–Crippen MR) is 117 cm³/mol. The Balaban J connectivity index is 1.60. The second-order valence-corrected chi connectivity index (χ2v) is 10.4. The molecular formula is C23H31N3O3S. The number of hydrogen-bond acceptors (Lipinski definition) is 3. The van der Waals surface area contributed by atoms with Gasteiger partial charge in [0.15, 0.2) is 0 Å². The summed E-state index contributed by atoms with van der Waals surface area (Å²) < 4.78 is 28.3. The minimum absolute atomic E-state index is 0.0453. The van der Waals surface area contributed by atoms with Crippen LogP contribution in [0.1, 0.15) is 77.4 Å². The highest BCUT2D eigenvalue weighted by Gasteiger charge is 2.32. The van der Waals surface area contributed by atoms with Crippen molar-refractivity contribution in [2.45, 2.75) is 69.7 Å². The van der Waals surface area contributed by atoms with Crippen molar-refractivity contribution < 1.29 is 13.2 Å². The average Bonchev–Trinajstić information content (AvgIpc) is 2.90. The maximum atomic E-state index is 13.3. The molecule has 0 radical (unpaired) electrons. The van der Waals surface area contributed by atoms with Gasteiger partial charge in [-0.15, -0.1) is 0 Å². The van der Waals surface area contributed by atoms with E-state index in [1.165, 1.54) is 5.56 Å². The number of sulfonamides is 1. The molecule has 6 nitrogen and oxygen atoms in total. The highest BCUT2D eigenvalue weighted by Crippen LogP contribution is 2.31. The van der Waals surface area contributed by atoms with E-state index in [2.05, 4.69) is 22.4 Å². The number of amides is 1. The first kappa shape index (κ1) is 21.1. The van der Waals surface area contributed by atoms with E-state index in [-0.39, 0.29) is 16.8 Å². The Morgan fingerprint density at radius 2 is 1.77 bits per heavy atom. The van der Waals surface area contributed by atoms with E-state index in [9.17, 15) is 13.2 Å². The molecule has 1 atom stereocenters. The number of hydrogen-bond donors (Lipinski definition) is 2. The van der Waals surface area contributed by atoms with Crippen molar-refractivity contribution in [1.82, 2.24) is 14.6 Å². The Labute approximate surface area is 179 Å². The lowest BCUT2D eigenvalue weighted by Gasteiger charge is -2.26. The second-order valence-electron chi connectivity index (χ2n) is 8.51. The smallest absolute Gasteiger partial charge is 0.268 e. The van der Waals surface area contributed by atoms with Crippen LogP contribution in [0.15, 0.2) is 29.2 Å². The monoisotopic (exact) mass is 429 g/mol. The van der Waals surface area contributed by atoms with Crippen LogP contribution in [0.2, 0.25) is 0 Å². The van der Waals surface area contributed by atoms with Gasteiger partial charge in [-0.2, -0.15) is 4.31 Å². The molecule has 1 aliphatic heterocycles.